The molecule has 1 rings (SSSR count). The Morgan fingerprint density at radius 3 is 1.42 bits per heavy atom. The summed E-state index contributed by atoms with van der Waals surface area (Å²) in [7, 11) is 0. The number of aliphatic carboxylic acids is 1. The first-order chi connectivity index (χ1) is 15.7. The van der Waals surface area contributed by atoms with E-state index in [1.165, 1.54) is 0 Å². The molecular weight excluding hydrogens is 444 g/mol. The summed E-state index contributed by atoms with van der Waals surface area (Å²) in [5.41, 5.74) is 3.13. The minimum atomic E-state index is -1.22. The number of carbonyl (C=O) groups excluding carboxylic acids is 2. The fourth-order valence-electron chi connectivity index (χ4n) is 3.63. The van der Waals surface area contributed by atoms with Crippen molar-refractivity contribution in [3.8, 4) is 0 Å². The van der Waals surface area contributed by atoms with Gasteiger partial charge in [0.05, 0.1) is 45.0 Å². The molecule has 1 fully saturated rings. The number of rotatable bonds is 10. The van der Waals surface area contributed by atoms with Gasteiger partial charge in [0.25, 0.3) is 11.8 Å². The van der Waals surface area contributed by atoms with Crippen molar-refractivity contribution in [3.63, 3.8) is 0 Å². The topological polar surface area (TPSA) is 210 Å². The molecule has 15 nitrogen and oxygen atoms in total. The van der Waals surface area contributed by atoms with Gasteiger partial charge in [-0.25, -0.2) is 11.0 Å². The number of amides is 2. The van der Waals surface area contributed by atoms with Crippen molar-refractivity contribution in [3.05, 3.63) is 0 Å². The molecule has 0 unspecified atom stereocenters. The predicted molar refractivity (Wildman–Crippen MR) is 112 cm³/mol. The highest BCUT2D eigenvalue weighted by Crippen LogP contribution is 2.08. The van der Waals surface area contributed by atoms with E-state index in [0.29, 0.717) is 19.6 Å². The Labute approximate surface area is 191 Å². The van der Waals surface area contributed by atoms with E-state index in [-0.39, 0.29) is 52.4 Å². The Morgan fingerprint density at radius 2 is 1.09 bits per heavy atom. The molecule has 0 aromatic heterocycles. The maximum Gasteiger partial charge on any atom is 0.317 e. The number of hydroxylamine groups is 2. The van der Waals surface area contributed by atoms with Gasteiger partial charge in [0.1, 0.15) is 0 Å². The van der Waals surface area contributed by atoms with Crippen LogP contribution in [0.1, 0.15) is 0 Å². The van der Waals surface area contributed by atoms with Crippen LogP contribution in [0.25, 0.3) is 0 Å². The number of aliphatic hydroxyl groups is 3. The second kappa shape index (κ2) is 15.8. The average molecular weight is 481 g/mol. The lowest BCUT2D eigenvalue weighted by Gasteiger charge is -2.37. The molecule has 0 aromatic carbocycles. The maximum absolute atomic E-state index is 11.7. The van der Waals surface area contributed by atoms with Crippen molar-refractivity contribution in [2.45, 2.75) is 12.1 Å². The van der Waals surface area contributed by atoms with Gasteiger partial charge in [0, 0.05) is 52.4 Å². The van der Waals surface area contributed by atoms with Crippen LogP contribution >= 0.6 is 0 Å². The maximum atomic E-state index is 11.7. The number of carboxylic acids is 1. The fourth-order valence-corrected chi connectivity index (χ4v) is 3.63. The van der Waals surface area contributed by atoms with Crippen LogP contribution in [0.5, 0.6) is 0 Å². The normalized spacial score (nSPS) is 20.3. The minimum Gasteiger partial charge on any atom is -0.480 e. The molecule has 0 aliphatic carbocycles. The molecule has 0 bridgehead atoms. The Hall–Kier alpha value is -1.95. The first-order valence-electron chi connectivity index (χ1n) is 10.6. The molecule has 8 N–H and O–H groups in total. The van der Waals surface area contributed by atoms with Crippen molar-refractivity contribution in [2.75, 3.05) is 85.2 Å². The summed E-state index contributed by atoms with van der Waals surface area (Å²) in [5.74, 6) is -2.32. The number of aliphatic hydroxyl groups excluding tert-OH is 3. The van der Waals surface area contributed by atoms with E-state index in [0.717, 1.165) is 0 Å². The summed E-state index contributed by atoms with van der Waals surface area (Å²) in [4.78, 5) is 41.5. The molecule has 2 atom stereocenters. The number of carboxylic acid groups (broad SMARTS) is 1. The Balaban J connectivity index is 3.09. The van der Waals surface area contributed by atoms with Gasteiger partial charge in [-0.15, -0.1) is 0 Å². The summed E-state index contributed by atoms with van der Waals surface area (Å²) in [6, 6.07) is -0.803. The smallest absolute Gasteiger partial charge is 0.317 e. The highest BCUT2D eigenvalue weighted by molar-refractivity contribution is 5.77. The highest BCUT2D eigenvalue weighted by Gasteiger charge is 2.27. The molecule has 2 amide bonds. The van der Waals surface area contributed by atoms with Gasteiger partial charge >= 0.3 is 5.97 Å². The van der Waals surface area contributed by atoms with Crippen LogP contribution in [-0.4, -0.2) is 166 Å². The molecule has 0 aromatic rings. The number of hydrogen-bond acceptors (Lipinski definition) is 12. The first-order valence-corrected chi connectivity index (χ1v) is 10.6. The third-order valence-corrected chi connectivity index (χ3v) is 5.50. The van der Waals surface area contributed by atoms with E-state index in [2.05, 4.69) is 0 Å². The van der Waals surface area contributed by atoms with E-state index < -0.39 is 43.1 Å². The molecule has 192 valence electrons. The molecule has 0 radical (unpaired) electrons. The van der Waals surface area contributed by atoms with Crippen LogP contribution in [0.15, 0.2) is 0 Å². The van der Waals surface area contributed by atoms with Crippen LogP contribution in [0, 0.1) is 0 Å². The van der Waals surface area contributed by atoms with Crippen molar-refractivity contribution in [1.82, 2.24) is 30.6 Å². The molecule has 0 saturated carbocycles. The van der Waals surface area contributed by atoms with Gasteiger partial charge in [-0.2, -0.15) is 0 Å². The predicted octanol–water partition coefficient (Wildman–Crippen LogP) is -4.98. The van der Waals surface area contributed by atoms with Crippen LogP contribution in [0.3, 0.4) is 0 Å². The van der Waals surface area contributed by atoms with E-state index in [1.807, 2.05) is 0 Å². The largest absolute Gasteiger partial charge is 0.480 e. The zero-order valence-corrected chi connectivity index (χ0v) is 18.5. The van der Waals surface area contributed by atoms with E-state index in [9.17, 15) is 34.8 Å². The molecule has 1 aliphatic heterocycles. The monoisotopic (exact) mass is 480 g/mol. The lowest BCUT2D eigenvalue weighted by atomic mass is 10.1. The van der Waals surface area contributed by atoms with Crippen LogP contribution in [-0.2, 0) is 14.4 Å². The van der Waals surface area contributed by atoms with Crippen molar-refractivity contribution < 1.29 is 45.2 Å². The zero-order valence-electron chi connectivity index (χ0n) is 18.5. The highest BCUT2D eigenvalue weighted by atomic mass is 16.5. The van der Waals surface area contributed by atoms with Crippen molar-refractivity contribution in [1.29, 1.82) is 0 Å². The number of nitrogens with one attached hydrogen (secondary N) is 2. The Bertz CT molecular complexity index is 614. The van der Waals surface area contributed by atoms with Gasteiger partial charge in [-0.05, 0) is 0 Å². The first kappa shape index (κ1) is 29.1. The zero-order chi connectivity index (χ0) is 24.8. The summed E-state index contributed by atoms with van der Waals surface area (Å²) < 4.78 is 0. The minimum absolute atomic E-state index is 0.140. The Kier molecular flexibility index (Phi) is 13.9. The molecule has 33 heavy (non-hydrogen) atoms. The van der Waals surface area contributed by atoms with Gasteiger partial charge in [0.2, 0.25) is 0 Å². The van der Waals surface area contributed by atoms with Gasteiger partial charge < -0.3 is 20.4 Å². The quantitative estimate of drug-likeness (QED) is 0.109. The molecule has 1 saturated heterocycles. The summed E-state index contributed by atoms with van der Waals surface area (Å²) in [6.07, 6.45) is -1.22. The lowest BCUT2D eigenvalue weighted by Crippen LogP contribution is -2.54. The molecule has 15 heteroatoms. The third kappa shape index (κ3) is 11.1. The second-order valence-corrected chi connectivity index (χ2v) is 7.83. The summed E-state index contributed by atoms with van der Waals surface area (Å²) in [5, 5.41) is 56.2. The SMILES string of the molecule is O=C(O)CN1CCN(CC(=O)NO)CCN(CC(=O)NO)CCN([C@H](CO)[C@H](O)CO)CC1. The van der Waals surface area contributed by atoms with Crippen LogP contribution in [0.2, 0.25) is 0 Å². The van der Waals surface area contributed by atoms with Crippen LogP contribution < -0.4 is 11.0 Å². The number of nitrogens with zero attached hydrogens (tertiary/aromatic N) is 4. The van der Waals surface area contributed by atoms with E-state index in [4.69, 9.17) is 10.4 Å². The summed E-state index contributed by atoms with van der Waals surface area (Å²) in [6.45, 7) is 0.669. The standard InChI is InChI=1S/C18H36N6O9/c25-12-14(15(27)13-26)24-7-5-22(10-17(29)20-33)2-1-21(9-16(28)19-32)3-4-23(6-8-24)11-18(30)31/h14-15,25-27,32-33H,1-13H2,(H,19,28)(H,20,29)(H,30,31)/t14-,15-/m1/s1. The van der Waals surface area contributed by atoms with E-state index >= 15 is 0 Å². The van der Waals surface area contributed by atoms with Crippen molar-refractivity contribution >= 4 is 17.8 Å². The lowest BCUT2D eigenvalue weighted by molar-refractivity contribution is -0.138. The number of hydrogen-bond donors (Lipinski definition) is 8. The van der Waals surface area contributed by atoms with Gasteiger partial charge in [-0.1, -0.05) is 0 Å². The van der Waals surface area contributed by atoms with Crippen molar-refractivity contribution in [2.24, 2.45) is 0 Å². The number of carbonyl (C=O) groups is 3. The fraction of sp³-hybridized carbons (Fsp3) is 0.833. The van der Waals surface area contributed by atoms with Crippen LogP contribution in [0.4, 0.5) is 0 Å². The Morgan fingerprint density at radius 1 is 0.697 bits per heavy atom. The second-order valence-electron chi connectivity index (χ2n) is 7.83. The third-order valence-electron chi connectivity index (χ3n) is 5.50. The van der Waals surface area contributed by atoms with Gasteiger partial charge in [0.15, 0.2) is 0 Å². The average Bonchev–Trinajstić information content (AvgIpc) is 2.79. The molecule has 1 heterocycles. The van der Waals surface area contributed by atoms with E-state index in [1.54, 1.807) is 30.6 Å². The van der Waals surface area contributed by atoms with Gasteiger partial charge in [-0.3, -0.25) is 44.4 Å². The molecule has 1 aliphatic rings. The summed E-state index contributed by atoms with van der Waals surface area (Å²) >= 11 is 0. The molecule has 0 spiro atoms. The molecular formula is C18H36N6O9.